The summed E-state index contributed by atoms with van der Waals surface area (Å²) in [4.78, 5) is 22.1. The number of aromatic nitrogens is 2. The highest BCUT2D eigenvalue weighted by Crippen LogP contribution is 2.30. The Morgan fingerprint density at radius 2 is 1.95 bits per heavy atom. The van der Waals surface area contributed by atoms with Crippen LogP contribution in [0.5, 0.6) is 0 Å². The highest BCUT2D eigenvalue weighted by atomic mass is 19.4. The fraction of sp³-hybridized carbons (Fsp3) is 0.615. The van der Waals surface area contributed by atoms with Crippen molar-refractivity contribution in [2.24, 2.45) is 0 Å². The van der Waals surface area contributed by atoms with E-state index in [1.165, 1.54) is 16.8 Å². The van der Waals surface area contributed by atoms with Crippen LogP contribution in [0, 0.1) is 0 Å². The second kappa shape index (κ2) is 5.98. The van der Waals surface area contributed by atoms with Gasteiger partial charge in [-0.05, 0) is 12.8 Å². The van der Waals surface area contributed by atoms with Crippen LogP contribution in [0.4, 0.5) is 24.9 Å². The average molecular weight is 317 g/mol. The molecule has 1 heterocycles. The molecular formula is C13H18F3N5O. The molecule has 1 aliphatic carbocycles. The Labute approximate surface area is 126 Å². The third-order valence-corrected chi connectivity index (χ3v) is 3.11. The van der Waals surface area contributed by atoms with E-state index < -0.39 is 11.9 Å². The minimum atomic E-state index is -4.57. The number of nitrogens with zero attached hydrogens (tertiary/aromatic N) is 4. The fourth-order valence-electron chi connectivity index (χ4n) is 1.75. The van der Waals surface area contributed by atoms with E-state index in [1.807, 2.05) is 0 Å². The van der Waals surface area contributed by atoms with Gasteiger partial charge in [0.25, 0.3) is 0 Å². The fourth-order valence-corrected chi connectivity index (χ4v) is 1.75. The molecule has 2 rings (SSSR count). The Morgan fingerprint density at radius 3 is 2.45 bits per heavy atom. The van der Waals surface area contributed by atoms with Crippen LogP contribution in [-0.2, 0) is 11.0 Å². The van der Waals surface area contributed by atoms with Gasteiger partial charge >= 0.3 is 6.18 Å². The van der Waals surface area contributed by atoms with Crippen LogP contribution in [0.15, 0.2) is 6.07 Å². The molecule has 0 aromatic carbocycles. The molecule has 1 amide bonds. The minimum Gasteiger partial charge on any atom is -0.363 e. The number of halogens is 3. The predicted octanol–water partition coefficient (Wildman–Crippen LogP) is 1.28. The largest absolute Gasteiger partial charge is 0.433 e. The first-order valence-electron chi connectivity index (χ1n) is 6.81. The van der Waals surface area contributed by atoms with Gasteiger partial charge in [-0.1, -0.05) is 0 Å². The van der Waals surface area contributed by atoms with Crippen LogP contribution in [-0.4, -0.2) is 49.6 Å². The van der Waals surface area contributed by atoms with Gasteiger partial charge in [-0.2, -0.15) is 18.2 Å². The van der Waals surface area contributed by atoms with Gasteiger partial charge in [-0.15, -0.1) is 0 Å². The summed E-state index contributed by atoms with van der Waals surface area (Å²) >= 11 is 0. The van der Waals surface area contributed by atoms with Gasteiger partial charge in [0, 0.05) is 33.3 Å². The Hall–Kier alpha value is -2.06. The quantitative estimate of drug-likeness (QED) is 0.886. The maximum absolute atomic E-state index is 12.9. The molecule has 1 aromatic rings. The second-order valence-electron chi connectivity index (χ2n) is 5.50. The molecule has 0 atom stereocenters. The summed E-state index contributed by atoms with van der Waals surface area (Å²) in [5.74, 6) is -0.256. The number of hydrogen-bond acceptors (Lipinski definition) is 5. The summed E-state index contributed by atoms with van der Waals surface area (Å²) < 4.78 is 38.7. The Balaban J connectivity index is 2.20. The molecule has 0 saturated heterocycles. The first kappa shape index (κ1) is 16.3. The van der Waals surface area contributed by atoms with E-state index in [9.17, 15) is 18.0 Å². The lowest BCUT2D eigenvalue weighted by molar-refractivity contribution is -0.141. The van der Waals surface area contributed by atoms with Crippen LogP contribution in [0.1, 0.15) is 18.5 Å². The number of alkyl halides is 3. The van der Waals surface area contributed by atoms with E-state index in [0.29, 0.717) is 0 Å². The molecule has 1 saturated carbocycles. The van der Waals surface area contributed by atoms with Crippen LogP contribution in [0.25, 0.3) is 0 Å². The summed E-state index contributed by atoms with van der Waals surface area (Å²) in [5, 5.41) is 2.77. The topological polar surface area (TPSA) is 61.4 Å². The summed E-state index contributed by atoms with van der Waals surface area (Å²) in [6, 6.07) is 1.07. The molecule has 1 aromatic heterocycles. The number of nitrogens with one attached hydrogen (secondary N) is 1. The molecule has 6 nitrogen and oxygen atoms in total. The number of carbonyl (C=O) groups is 1. The summed E-state index contributed by atoms with van der Waals surface area (Å²) in [6.07, 6.45) is -2.68. The van der Waals surface area contributed by atoms with Crippen LogP contribution in [0.3, 0.4) is 0 Å². The van der Waals surface area contributed by atoms with Gasteiger partial charge in [0.2, 0.25) is 11.9 Å². The van der Waals surface area contributed by atoms with Gasteiger partial charge in [-0.3, -0.25) is 4.79 Å². The molecular weight excluding hydrogens is 299 g/mol. The lowest BCUT2D eigenvalue weighted by atomic mass is 10.3. The maximum atomic E-state index is 12.9. The number of carbonyl (C=O) groups excluding carboxylic acids is 1. The predicted molar refractivity (Wildman–Crippen MR) is 75.8 cm³/mol. The third-order valence-electron chi connectivity index (χ3n) is 3.11. The van der Waals surface area contributed by atoms with Crippen molar-refractivity contribution in [1.29, 1.82) is 0 Å². The van der Waals surface area contributed by atoms with Crippen molar-refractivity contribution in [1.82, 2.24) is 15.3 Å². The van der Waals surface area contributed by atoms with Gasteiger partial charge < -0.3 is 15.1 Å². The van der Waals surface area contributed by atoms with Crippen molar-refractivity contribution in [3.05, 3.63) is 11.8 Å². The molecule has 122 valence electrons. The normalized spacial score (nSPS) is 14.6. The van der Waals surface area contributed by atoms with Crippen molar-refractivity contribution in [3.8, 4) is 0 Å². The molecule has 0 aliphatic heterocycles. The zero-order chi connectivity index (χ0) is 16.5. The lowest BCUT2D eigenvalue weighted by Crippen LogP contribution is -2.37. The number of amides is 1. The van der Waals surface area contributed by atoms with E-state index in [0.717, 1.165) is 18.9 Å². The third kappa shape index (κ3) is 4.22. The Kier molecular flexibility index (Phi) is 4.43. The Bertz CT molecular complexity index is 557. The van der Waals surface area contributed by atoms with E-state index in [4.69, 9.17) is 0 Å². The van der Waals surface area contributed by atoms with Gasteiger partial charge in [-0.25, -0.2) is 4.98 Å². The number of anilines is 2. The molecule has 0 radical (unpaired) electrons. The van der Waals surface area contributed by atoms with Crippen molar-refractivity contribution in [2.45, 2.75) is 25.1 Å². The van der Waals surface area contributed by atoms with E-state index >= 15 is 0 Å². The molecule has 0 spiro atoms. The van der Waals surface area contributed by atoms with Crippen molar-refractivity contribution >= 4 is 17.7 Å². The second-order valence-corrected chi connectivity index (χ2v) is 5.50. The first-order valence-corrected chi connectivity index (χ1v) is 6.81. The van der Waals surface area contributed by atoms with Crippen LogP contribution < -0.4 is 15.1 Å². The molecule has 1 fully saturated rings. The summed E-state index contributed by atoms with van der Waals surface area (Å²) in [6.45, 7) is -0.0926. The Morgan fingerprint density at radius 1 is 1.32 bits per heavy atom. The van der Waals surface area contributed by atoms with Crippen LogP contribution >= 0.6 is 0 Å². The molecule has 22 heavy (non-hydrogen) atoms. The highest BCUT2D eigenvalue weighted by Gasteiger charge is 2.34. The molecule has 9 heteroatoms. The van der Waals surface area contributed by atoms with E-state index in [2.05, 4.69) is 15.3 Å². The zero-order valence-corrected chi connectivity index (χ0v) is 12.6. The number of likely N-dealkylation sites (N-methyl/N-ethyl adjacent to an activating group) is 1. The van der Waals surface area contributed by atoms with Gasteiger partial charge in [0.05, 0.1) is 6.54 Å². The summed E-state index contributed by atoms with van der Waals surface area (Å²) in [5.41, 5.74) is -1.03. The molecule has 0 unspecified atom stereocenters. The van der Waals surface area contributed by atoms with Gasteiger partial charge in [0.1, 0.15) is 5.82 Å². The molecule has 1 aliphatic rings. The lowest BCUT2D eigenvalue weighted by Gasteiger charge is -2.20. The molecule has 0 bridgehead atoms. The van der Waals surface area contributed by atoms with Crippen molar-refractivity contribution < 1.29 is 18.0 Å². The van der Waals surface area contributed by atoms with Gasteiger partial charge in [0.15, 0.2) is 5.69 Å². The monoisotopic (exact) mass is 317 g/mol. The first-order chi connectivity index (χ1) is 10.2. The number of rotatable bonds is 5. The standard InChI is InChI=1S/C13H18F3N5O/c1-20(2)10-6-9(13(14,15)16)18-12(19-10)21(3)7-11(22)17-8-4-5-8/h6,8H,4-5,7H2,1-3H3,(H,17,22). The van der Waals surface area contributed by atoms with Crippen molar-refractivity contribution in [2.75, 3.05) is 37.5 Å². The number of hydrogen-bond donors (Lipinski definition) is 1. The smallest absolute Gasteiger partial charge is 0.363 e. The minimum absolute atomic E-state index is 0.0926. The van der Waals surface area contributed by atoms with Crippen LogP contribution in [0.2, 0.25) is 0 Å². The molecule has 1 N–H and O–H groups in total. The highest BCUT2D eigenvalue weighted by molar-refractivity contribution is 5.81. The summed E-state index contributed by atoms with van der Waals surface area (Å²) in [7, 11) is 4.67. The van der Waals surface area contributed by atoms with Crippen molar-refractivity contribution in [3.63, 3.8) is 0 Å². The maximum Gasteiger partial charge on any atom is 0.433 e. The average Bonchev–Trinajstić information content (AvgIpc) is 3.20. The van der Waals surface area contributed by atoms with E-state index in [-0.39, 0.29) is 30.3 Å². The van der Waals surface area contributed by atoms with E-state index in [1.54, 1.807) is 14.1 Å². The SMILES string of the molecule is CN(C)c1cc(C(F)(F)F)nc(N(C)CC(=O)NC2CC2)n1. The zero-order valence-electron chi connectivity index (χ0n) is 12.6.